The van der Waals surface area contributed by atoms with Crippen LogP contribution in [0.2, 0.25) is 5.02 Å². The third-order valence-corrected chi connectivity index (χ3v) is 4.98. The Labute approximate surface area is 150 Å². The molecule has 0 bridgehead atoms. The monoisotopic (exact) mass is 383 g/mol. The van der Waals surface area contributed by atoms with Gasteiger partial charge in [0, 0.05) is 11.6 Å². The van der Waals surface area contributed by atoms with Crippen LogP contribution < -0.4 is 5.32 Å². The molecule has 24 heavy (non-hydrogen) atoms. The van der Waals surface area contributed by atoms with Crippen molar-refractivity contribution in [3.8, 4) is 10.8 Å². The first-order chi connectivity index (χ1) is 11.6. The van der Waals surface area contributed by atoms with Gasteiger partial charge in [0.1, 0.15) is 5.82 Å². The molecule has 5 nitrogen and oxygen atoms in total. The molecule has 0 aliphatic carbocycles. The fourth-order valence-electron chi connectivity index (χ4n) is 1.81. The molecule has 0 saturated heterocycles. The number of thioether (sulfide) groups is 1. The second kappa shape index (κ2) is 7.78. The molecule has 0 fully saturated rings. The largest absolute Gasteiger partial charge is 0.410 e. The zero-order chi connectivity index (χ0) is 16.9. The van der Waals surface area contributed by atoms with E-state index >= 15 is 0 Å². The van der Waals surface area contributed by atoms with E-state index < -0.39 is 5.82 Å². The van der Waals surface area contributed by atoms with Crippen LogP contribution in [0.15, 0.2) is 45.4 Å². The van der Waals surface area contributed by atoms with Crippen molar-refractivity contribution in [3.05, 3.63) is 52.1 Å². The van der Waals surface area contributed by atoms with E-state index in [1.165, 1.54) is 29.5 Å². The molecule has 2 heterocycles. The highest BCUT2D eigenvalue weighted by Crippen LogP contribution is 2.26. The van der Waals surface area contributed by atoms with Gasteiger partial charge in [0.25, 0.3) is 11.1 Å². The number of benzene rings is 1. The van der Waals surface area contributed by atoms with E-state index in [9.17, 15) is 9.18 Å². The number of nitrogens with one attached hydrogen (secondary N) is 1. The predicted molar refractivity (Wildman–Crippen MR) is 91.6 cm³/mol. The van der Waals surface area contributed by atoms with Crippen molar-refractivity contribution in [1.29, 1.82) is 0 Å². The molecular weight excluding hydrogens is 373 g/mol. The summed E-state index contributed by atoms with van der Waals surface area (Å²) in [6.45, 7) is 0.225. The highest BCUT2D eigenvalue weighted by Gasteiger charge is 2.12. The third-order valence-electron chi connectivity index (χ3n) is 2.96. The SMILES string of the molecule is O=C(CSc1nnc(-c2cccs2)o1)NCc1ccc(F)cc1Cl. The predicted octanol–water partition coefficient (Wildman–Crippen LogP) is 4.00. The third kappa shape index (κ3) is 4.34. The summed E-state index contributed by atoms with van der Waals surface area (Å²) in [6, 6.07) is 7.82. The Balaban J connectivity index is 1.49. The van der Waals surface area contributed by atoms with Gasteiger partial charge in [-0.25, -0.2) is 4.39 Å². The number of aromatic nitrogens is 2. The normalized spacial score (nSPS) is 10.8. The molecule has 124 valence electrons. The number of nitrogens with zero attached hydrogens (tertiary/aromatic N) is 2. The van der Waals surface area contributed by atoms with Crippen LogP contribution in [0.4, 0.5) is 4.39 Å². The number of hydrogen-bond donors (Lipinski definition) is 1. The van der Waals surface area contributed by atoms with Crippen LogP contribution in [0.3, 0.4) is 0 Å². The number of thiophene rings is 1. The molecule has 0 unspecified atom stereocenters. The van der Waals surface area contributed by atoms with Crippen molar-refractivity contribution in [2.75, 3.05) is 5.75 Å². The van der Waals surface area contributed by atoms with Gasteiger partial charge in [-0.05, 0) is 29.1 Å². The van der Waals surface area contributed by atoms with Crippen LogP contribution in [-0.4, -0.2) is 21.9 Å². The molecule has 9 heteroatoms. The van der Waals surface area contributed by atoms with Gasteiger partial charge in [-0.15, -0.1) is 21.5 Å². The molecule has 1 amide bonds. The number of rotatable bonds is 6. The lowest BCUT2D eigenvalue weighted by Crippen LogP contribution is -2.24. The minimum Gasteiger partial charge on any atom is -0.410 e. The lowest BCUT2D eigenvalue weighted by molar-refractivity contribution is -0.118. The van der Waals surface area contributed by atoms with Crippen LogP contribution in [0.25, 0.3) is 10.8 Å². The Morgan fingerprint density at radius 3 is 3.00 bits per heavy atom. The van der Waals surface area contributed by atoms with Crippen molar-refractivity contribution < 1.29 is 13.6 Å². The maximum Gasteiger partial charge on any atom is 0.277 e. The Morgan fingerprint density at radius 1 is 1.38 bits per heavy atom. The number of hydrogen-bond acceptors (Lipinski definition) is 6. The van der Waals surface area contributed by atoms with Gasteiger partial charge in [0.05, 0.1) is 10.6 Å². The number of carbonyl (C=O) groups excluding carboxylic acids is 1. The number of carbonyl (C=O) groups is 1. The van der Waals surface area contributed by atoms with Gasteiger partial charge in [-0.3, -0.25) is 4.79 Å². The first-order valence-electron chi connectivity index (χ1n) is 6.82. The average molecular weight is 384 g/mol. The minimum absolute atomic E-state index is 0.130. The molecule has 0 spiro atoms. The molecule has 0 saturated carbocycles. The quantitative estimate of drug-likeness (QED) is 0.651. The number of amides is 1. The fraction of sp³-hybridized carbons (Fsp3) is 0.133. The van der Waals surface area contributed by atoms with Crippen molar-refractivity contribution in [1.82, 2.24) is 15.5 Å². The molecule has 3 aromatic rings. The molecular formula is C15H11ClFN3O2S2. The maximum atomic E-state index is 13.0. The summed E-state index contributed by atoms with van der Waals surface area (Å²) in [4.78, 5) is 12.7. The summed E-state index contributed by atoms with van der Waals surface area (Å²) in [5.41, 5.74) is 0.647. The van der Waals surface area contributed by atoms with E-state index in [0.717, 1.165) is 16.6 Å². The van der Waals surface area contributed by atoms with Gasteiger partial charge in [-0.2, -0.15) is 0 Å². The van der Waals surface area contributed by atoms with Crippen molar-refractivity contribution in [2.24, 2.45) is 0 Å². The van der Waals surface area contributed by atoms with Gasteiger partial charge in [0.15, 0.2) is 0 Å². The minimum atomic E-state index is -0.413. The first-order valence-corrected chi connectivity index (χ1v) is 9.07. The summed E-state index contributed by atoms with van der Waals surface area (Å²) in [7, 11) is 0. The molecule has 1 aromatic carbocycles. The maximum absolute atomic E-state index is 13.0. The first kappa shape index (κ1) is 16.9. The topological polar surface area (TPSA) is 68.0 Å². The highest BCUT2D eigenvalue weighted by atomic mass is 35.5. The van der Waals surface area contributed by atoms with Gasteiger partial charge in [0.2, 0.25) is 5.91 Å². The number of halogens is 2. The summed E-state index contributed by atoms with van der Waals surface area (Å²) >= 11 is 8.55. The van der Waals surface area contributed by atoms with E-state index in [1.54, 1.807) is 0 Å². The van der Waals surface area contributed by atoms with Crippen molar-refractivity contribution in [3.63, 3.8) is 0 Å². The van der Waals surface area contributed by atoms with E-state index in [0.29, 0.717) is 16.7 Å². The smallest absolute Gasteiger partial charge is 0.277 e. The summed E-state index contributed by atoms with van der Waals surface area (Å²) in [6.07, 6.45) is 0. The van der Waals surface area contributed by atoms with E-state index in [2.05, 4.69) is 15.5 Å². The van der Waals surface area contributed by atoms with Gasteiger partial charge in [-0.1, -0.05) is 35.5 Å². The lowest BCUT2D eigenvalue weighted by atomic mass is 10.2. The summed E-state index contributed by atoms with van der Waals surface area (Å²) in [5.74, 6) is -0.0592. The van der Waals surface area contributed by atoms with Gasteiger partial charge < -0.3 is 9.73 Å². The molecule has 0 atom stereocenters. The second-order valence-corrected chi connectivity index (χ2v) is 6.93. The Kier molecular flexibility index (Phi) is 5.49. The van der Waals surface area contributed by atoms with Crippen molar-refractivity contribution >= 4 is 40.6 Å². The Hall–Kier alpha value is -1.90. The lowest BCUT2D eigenvalue weighted by Gasteiger charge is -2.06. The zero-order valence-electron chi connectivity index (χ0n) is 12.2. The molecule has 3 rings (SSSR count). The molecule has 0 aliphatic rings. The van der Waals surface area contributed by atoms with Gasteiger partial charge >= 0.3 is 0 Å². The van der Waals surface area contributed by atoms with E-state index in [4.69, 9.17) is 16.0 Å². The standard InChI is InChI=1S/C15H11ClFN3O2S2/c16-11-6-10(17)4-3-9(11)7-18-13(21)8-24-15-20-19-14(22-15)12-2-1-5-23-12/h1-6H,7-8H2,(H,18,21). The zero-order valence-corrected chi connectivity index (χ0v) is 14.6. The molecule has 0 radical (unpaired) electrons. The van der Waals surface area contributed by atoms with Crippen LogP contribution in [0, 0.1) is 5.82 Å². The van der Waals surface area contributed by atoms with Crippen LogP contribution in [0.5, 0.6) is 0 Å². The van der Waals surface area contributed by atoms with E-state index in [-0.39, 0.29) is 23.2 Å². The van der Waals surface area contributed by atoms with Crippen LogP contribution in [-0.2, 0) is 11.3 Å². The highest BCUT2D eigenvalue weighted by molar-refractivity contribution is 7.99. The summed E-state index contributed by atoms with van der Waals surface area (Å²) in [5, 5.41) is 13.1. The Morgan fingerprint density at radius 2 is 2.25 bits per heavy atom. The van der Waals surface area contributed by atoms with Crippen LogP contribution in [0.1, 0.15) is 5.56 Å². The molecule has 0 aliphatic heterocycles. The van der Waals surface area contributed by atoms with E-state index in [1.807, 2.05) is 17.5 Å². The average Bonchev–Trinajstić information content (AvgIpc) is 3.23. The second-order valence-electron chi connectivity index (χ2n) is 4.65. The Bertz CT molecular complexity index is 839. The fourth-order valence-corrected chi connectivity index (χ4v) is 3.28. The van der Waals surface area contributed by atoms with Crippen LogP contribution >= 0.6 is 34.7 Å². The van der Waals surface area contributed by atoms with Crippen molar-refractivity contribution in [2.45, 2.75) is 11.8 Å². The molecule has 2 aromatic heterocycles. The summed E-state index contributed by atoms with van der Waals surface area (Å²) < 4.78 is 18.4. The molecule has 1 N–H and O–H groups in total.